The SMILES string of the molecule is CC/C=C\C/C=C\C/C=C\C/C=C\CCCCCCCCCCC(=O)OCC(COC(=O)CCCCCCC/C=C\C/C=C\CCCCC)OC(=O)CCCCCCCC/C=C\C/C=C\C/C=C\C/C=C\CC. The van der Waals surface area contributed by atoms with Crippen molar-refractivity contribution in [2.24, 2.45) is 0 Å². The predicted octanol–water partition coefficient (Wildman–Crippen LogP) is 20.4. The number of esters is 3. The fourth-order valence-electron chi connectivity index (χ4n) is 7.98. The molecule has 0 amide bonds. The third-order valence-corrected chi connectivity index (χ3v) is 12.4. The van der Waals surface area contributed by atoms with E-state index in [0.29, 0.717) is 19.3 Å². The fraction of sp³-hybridized carbons (Fsp3) is 0.657. The molecule has 0 aromatic carbocycles. The standard InChI is InChI=1S/C67H110O6/c1-4-7-10-13-16-19-22-25-28-30-32-33-35-36-39-42-45-48-51-54-57-60-66(69)72-63-64(62-71-65(68)59-56-53-50-47-44-41-38-27-24-21-18-15-12-9-6-3)73-67(70)61-58-55-52-49-46-43-40-37-34-31-29-26-23-20-17-14-11-8-5-2/h7-8,10-11,16-21,25-29,32-34,37-38,64H,4-6,9,12-15,22-24,30-31,35-36,39-63H2,1-3H3/b10-7-,11-8-,19-16-,20-17-,21-18-,28-25-,29-26-,33-32-,37-34-,38-27-. The van der Waals surface area contributed by atoms with Gasteiger partial charge in [-0.15, -0.1) is 0 Å². The molecule has 6 nitrogen and oxygen atoms in total. The molecule has 0 heterocycles. The van der Waals surface area contributed by atoms with Crippen LogP contribution in [0.4, 0.5) is 0 Å². The van der Waals surface area contributed by atoms with Gasteiger partial charge < -0.3 is 14.2 Å². The quantitative estimate of drug-likeness (QED) is 0.0261. The van der Waals surface area contributed by atoms with Gasteiger partial charge in [0.1, 0.15) is 13.2 Å². The van der Waals surface area contributed by atoms with Crippen molar-refractivity contribution in [3.05, 3.63) is 122 Å². The van der Waals surface area contributed by atoms with Crippen molar-refractivity contribution >= 4 is 17.9 Å². The molecule has 1 atom stereocenters. The first-order valence-corrected chi connectivity index (χ1v) is 30.0. The van der Waals surface area contributed by atoms with E-state index >= 15 is 0 Å². The molecule has 0 aromatic heterocycles. The van der Waals surface area contributed by atoms with Crippen molar-refractivity contribution in [2.75, 3.05) is 13.2 Å². The molecule has 73 heavy (non-hydrogen) atoms. The predicted molar refractivity (Wildman–Crippen MR) is 316 cm³/mol. The first-order valence-electron chi connectivity index (χ1n) is 30.0. The van der Waals surface area contributed by atoms with Gasteiger partial charge in [0.25, 0.3) is 0 Å². The van der Waals surface area contributed by atoms with Crippen LogP contribution in [0.5, 0.6) is 0 Å². The Kier molecular flexibility index (Phi) is 56.9. The maximum atomic E-state index is 12.9. The van der Waals surface area contributed by atoms with E-state index in [9.17, 15) is 14.4 Å². The van der Waals surface area contributed by atoms with Gasteiger partial charge in [-0.1, -0.05) is 239 Å². The molecule has 0 bridgehead atoms. The largest absolute Gasteiger partial charge is 0.462 e. The van der Waals surface area contributed by atoms with E-state index < -0.39 is 6.10 Å². The zero-order valence-electron chi connectivity index (χ0n) is 47.4. The van der Waals surface area contributed by atoms with Gasteiger partial charge in [-0.05, 0) is 128 Å². The molecule has 0 saturated heterocycles. The minimum atomic E-state index is -0.800. The monoisotopic (exact) mass is 1010 g/mol. The Balaban J connectivity index is 4.45. The number of hydrogen-bond donors (Lipinski definition) is 0. The highest BCUT2D eigenvalue weighted by Crippen LogP contribution is 2.14. The molecule has 0 rings (SSSR count). The van der Waals surface area contributed by atoms with Crippen molar-refractivity contribution < 1.29 is 28.6 Å². The number of unbranched alkanes of at least 4 members (excludes halogenated alkanes) is 22. The molecule has 0 aliphatic rings. The Hall–Kier alpha value is -4.19. The van der Waals surface area contributed by atoms with E-state index in [-0.39, 0.29) is 31.1 Å². The molecule has 0 N–H and O–H groups in total. The third-order valence-electron chi connectivity index (χ3n) is 12.4. The van der Waals surface area contributed by atoms with Crippen LogP contribution in [0.2, 0.25) is 0 Å². The van der Waals surface area contributed by atoms with Gasteiger partial charge in [-0.2, -0.15) is 0 Å². The highest BCUT2D eigenvalue weighted by molar-refractivity contribution is 5.71. The van der Waals surface area contributed by atoms with Gasteiger partial charge in [0.05, 0.1) is 0 Å². The third kappa shape index (κ3) is 58.6. The molecule has 0 spiro atoms. The summed E-state index contributed by atoms with van der Waals surface area (Å²) in [5.41, 5.74) is 0. The lowest BCUT2D eigenvalue weighted by atomic mass is 10.1. The van der Waals surface area contributed by atoms with Gasteiger partial charge in [0.2, 0.25) is 0 Å². The van der Waals surface area contributed by atoms with Crippen LogP contribution >= 0.6 is 0 Å². The van der Waals surface area contributed by atoms with Crippen LogP contribution in [0.1, 0.15) is 265 Å². The summed E-state index contributed by atoms with van der Waals surface area (Å²) in [6.45, 7) is 6.36. The minimum absolute atomic E-state index is 0.0955. The molecule has 0 radical (unpaired) electrons. The lowest BCUT2D eigenvalue weighted by Gasteiger charge is -2.18. The van der Waals surface area contributed by atoms with Crippen LogP contribution in [0.25, 0.3) is 0 Å². The first kappa shape index (κ1) is 68.8. The summed E-state index contributed by atoms with van der Waals surface area (Å²) in [5, 5.41) is 0. The Morgan fingerprint density at radius 1 is 0.288 bits per heavy atom. The van der Waals surface area contributed by atoms with E-state index in [2.05, 4.69) is 142 Å². The van der Waals surface area contributed by atoms with E-state index in [1.165, 1.54) is 70.6 Å². The summed E-state index contributed by atoms with van der Waals surface area (Å²) in [7, 11) is 0. The average molecular weight is 1010 g/mol. The van der Waals surface area contributed by atoms with Gasteiger partial charge in [-0.3, -0.25) is 14.4 Å². The van der Waals surface area contributed by atoms with Crippen LogP contribution in [0.3, 0.4) is 0 Å². The summed E-state index contributed by atoms with van der Waals surface area (Å²) in [5.74, 6) is -0.930. The summed E-state index contributed by atoms with van der Waals surface area (Å²) in [4.78, 5) is 38.3. The number of allylic oxidation sites excluding steroid dienone is 20. The molecule has 0 aliphatic heterocycles. The minimum Gasteiger partial charge on any atom is -0.462 e. The van der Waals surface area contributed by atoms with Crippen LogP contribution in [-0.2, 0) is 28.6 Å². The van der Waals surface area contributed by atoms with Gasteiger partial charge in [0.15, 0.2) is 6.10 Å². The normalized spacial score (nSPS) is 13.0. The summed E-state index contributed by atoms with van der Waals surface area (Å²) < 4.78 is 16.9. The van der Waals surface area contributed by atoms with Crippen molar-refractivity contribution in [3.8, 4) is 0 Å². The second kappa shape index (κ2) is 60.4. The van der Waals surface area contributed by atoms with Crippen LogP contribution in [-0.4, -0.2) is 37.2 Å². The van der Waals surface area contributed by atoms with Gasteiger partial charge in [0, 0.05) is 19.3 Å². The van der Waals surface area contributed by atoms with Gasteiger partial charge in [-0.25, -0.2) is 0 Å². The highest BCUT2D eigenvalue weighted by Gasteiger charge is 2.19. The Morgan fingerprint density at radius 3 is 0.836 bits per heavy atom. The van der Waals surface area contributed by atoms with Crippen LogP contribution < -0.4 is 0 Å². The smallest absolute Gasteiger partial charge is 0.306 e. The molecular weight excluding hydrogens is 901 g/mol. The summed E-state index contributed by atoms with van der Waals surface area (Å²) in [6, 6.07) is 0. The first-order chi connectivity index (χ1) is 36.0. The molecule has 0 aliphatic carbocycles. The zero-order chi connectivity index (χ0) is 52.9. The zero-order valence-corrected chi connectivity index (χ0v) is 47.4. The molecule has 1 unspecified atom stereocenters. The van der Waals surface area contributed by atoms with Crippen molar-refractivity contribution in [3.63, 3.8) is 0 Å². The molecule has 0 saturated carbocycles. The lowest BCUT2D eigenvalue weighted by molar-refractivity contribution is -0.167. The van der Waals surface area contributed by atoms with E-state index in [1.807, 2.05) is 0 Å². The number of carbonyl (C=O) groups is 3. The summed E-state index contributed by atoms with van der Waals surface area (Å²) in [6.07, 6.45) is 83.3. The number of hydrogen-bond acceptors (Lipinski definition) is 6. The van der Waals surface area contributed by atoms with Crippen molar-refractivity contribution in [1.82, 2.24) is 0 Å². The highest BCUT2D eigenvalue weighted by atomic mass is 16.6. The van der Waals surface area contributed by atoms with Crippen LogP contribution in [0.15, 0.2) is 122 Å². The molecular formula is C67H110O6. The van der Waals surface area contributed by atoms with Crippen molar-refractivity contribution in [1.29, 1.82) is 0 Å². The Morgan fingerprint density at radius 2 is 0.534 bits per heavy atom. The molecule has 0 aromatic rings. The van der Waals surface area contributed by atoms with E-state index in [0.717, 1.165) is 154 Å². The Bertz CT molecular complexity index is 1540. The number of rotatable bonds is 53. The second-order valence-corrected chi connectivity index (χ2v) is 19.5. The topological polar surface area (TPSA) is 78.9 Å². The molecule has 0 fully saturated rings. The lowest BCUT2D eigenvalue weighted by Crippen LogP contribution is -2.30. The number of ether oxygens (including phenoxy) is 3. The molecule has 6 heteroatoms. The van der Waals surface area contributed by atoms with E-state index in [4.69, 9.17) is 14.2 Å². The van der Waals surface area contributed by atoms with E-state index in [1.54, 1.807) is 0 Å². The van der Waals surface area contributed by atoms with Crippen LogP contribution in [0, 0.1) is 0 Å². The average Bonchev–Trinajstić information content (AvgIpc) is 3.39. The maximum Gasteiger partial charge on any atom is 0.306 e. The second-order valence-electron chi connectivity index (χ2n) is 19.5. The summed E-state index contributed by atoms with van der Waals surface area (Å²) >= 11 is 0. The van der Waals surface area contributed by atoms with Crippen molar-refractivity contribution in [2.45, 2.75) is 271 Å². The maximum absolute atomic E-state index is 12.9. The van der Waals surface area contributed by atoms with Gasteiger partial charge >= 0.3 is 17.9 Å². The number of carbonyl (C=O) groups excluding carboxylic acids is 3. The fourth-order valence-corrected chi connectivity index (χ4v) is 7.98. The molecule has 414 valence electrons. The Labute approximate surface area is 450 Å².